The first-order valence-corrected chi connectivity index (χ1v) is 9.80. The minimum Gasteiger partial charge on any atom is -0.350 e. The number of carbonyl (C=O) groups excluding carboxylic acids is 2. The molecule has 26 heavy (non-hydrogen) atoms. The van der Waals surface area contributed by atoms with E-state index in [-0.39, 0.29) is 17.9 Å². The zero-order valence-electron chi connectivity index (χ0n) is 15.8. The molecule has 140 valence electrons. The van der Waals surface area contributed by atoms with Crippen LogP contribution in [0.2, 0.25) is 0 Å². The van der Waals surface area contributed by atoms with Crippen LogP contribution in [-0.4, -0.2) is 30.9 Å². The third-order valence-electron chi connectivity index (χ3n) is 4.10. The van der Waals surface area contributed by atoms with E-state index in [0.717, 1.165) is 6.54 Å². The van der Waals surface area contributed by atoms with E-state index in [2.05, 4.69) is 29.8 Å². The molecule has 1 aromatic carbocycles. The Hall–Kier alpha value is -2.18. The number of hydrogen-bond acceptors (Lipinski definition) is 4. The van der Waals surface area contributed by atoms with Gasteiger partial charge in [0.2, 0.25) is 0 Å². The molecule has 0 bridgehead atoms. The van der Waals surface area contributed by atoms with Crippen molar-refractivity contribution in [2.75, 3.05) is 18.4 Å². The Morgan fingerprint density at radius 2 is 1.73 bits per heavy atom. The Balaban J connectivity index is 2.01. The number of anilines is 1. The second-order valence-corrected chi connectivity index (χ2v) is 7.48. The van der Waals surface area contributed by atoms with E-state index < -0.39 is 0 Å². The van der Waals surface area contributed by atoms with Crippen molar-refractivity contribution < 1.29 is 9.59 Å². The Morgan fingerprint density at radius 1 is 1.04 bits per heavy atom. The van der Waals surface area contributed by atoms with Crippen LogP contribution in [0.5, 0.6) is 0 Å². The molecule has 0 saturated carbocycles. The highest BCUT2D eigenvalue weighted by Crippen LogP contribution is 2.24. The molecule has 0 aliphatic rings. The van der Waals surface area contributed by atoms with Crippen molar-refractivity contribution in [1.29, 1.82) is 0 Å². The summed E-state index contributed by atoms with van der Waals surface area (Å²) in [6, 6.07) is 9.48. The maximum atomic E-state index is 12.5. The van der Waals surface area contributed by atoms with Crippen molar-refractivity contribution in [1.82, 2.24) is 10.6 Å². The van der Waals surface area contributed by atoms with E-state index in [1.54, 1.807) is 11.4 Å². The van der Waals surface area contributed by atoms with E-state index in [1.165, 1.54) is 16.9 Å². The average molecular weight is 374 g/mol. The van der Waals surface area contributed by atoms with Gasteiger partial charge in [0.05, 0.1) is 5.56 Å². The quantitative estimate of drug-likeness (QED) is 0.658. The predicted octanol–water partition coefficient (Wildman–Crippen LogP) is 3.85. The summed E-state index contributed by atoms with van der Waals surface area (Å²) in [6.07, 6.45) is 0. The lowest BCUT2D eigenvalue weighted by Crippen LogP contribution is -2.38. The summed E-state index contributed by atoms with van der Waals surface area (Å²) in [5, 5.41) is 11.4. The smallest absolute Gasteiger partial charge is 0.256 e. The molecule has 0 radical (unpaired) electrons. The number of carbonyl (C=O) groups is 2. The van der Waals surface area contributed by atoms with Gasteiger partial charge in [-0.1, -0.05) is 32.9 Å². The van der Waals surface area contributed by atoms with Crippen LogP contribution in [0, 0.1) is 0 Å². The fourth-order valence-corrected chi connectivity index (χ4v) is 3.32. The Kier molecular flexibility index (Phi) is 7.36. The van der Waals surface area contributed by atoms with Crippen molar-refractivity contribution >= 4 is 28.2 Å². The highest BCUT2D eigenvalue weighted by atomic mass is 32.1. The monoisotopic (exact) mass is 373 g/mol. The molecule has 5 nitrogen and oxygen atoms in total. The van der Waals surface area contributed by atoms with Gasteiger partial charge in [-0.25, -0.2) is 0 Å². The molecular formula is C20H27N3O2S. The van der Waals surface area contributed by atoms with Gasteiger partial charge in [0, 0.05) is 18.2 Å². The molecule has 2 rings (SSSR count). The summed E-state index contributed by atoms with van der Waals surface area (Å²) >= 11 is 1.35. The molecule has 3 N–H and O–H groups in total. The summed E-state index contributed by atoms with van der Waals surface area (Å²) in [5.74, 6) is 0.0311. The molecule has 0 saturated heterocycles. The minimum absolute atomic E-state index is 0.179. The van der Waals surface area contributed by atoms with Gasteiger partial charge in [-0.3, -0.25) is 9.59 Å². The molecule has 0 unspecified atom stereocenters. The van der Waals surface area contributed by atoms with Gasteiger partial charge in [0.25, 0.3) is 11.8 Å². The Labute approximate surface area is 159 Å². The standard InChI is InChI=1S/C20H27N3O2S/c1-5-21-14(4)12-22-19(25)17-10-11-26-20(17)23-18(24)16-8-6-15(7-9-16)13(2)3/h6-11,13-14,21H,5,12H2,1-4H3,(H,22,25)(H,23,24)/t14-/m1/s1. The number of hydrogen-bond donors (Lipinski definition) is 3. The molecule has 0 aliphatic heterocycles. The van der Waals surface area contributed by atoms with Crippen LogP contribution in [0.4, 0.5) is 5.00 Å². The first-order valence-electron chi connectivity index (χ1n) is 8.92. The Morgan fingerprint density at radius 3 is 2.35 bits per heavy atom. The fourth-order valence-electron chi connectivity index (χ4n) is 2.54. The van der Waals surface area contributed by atoms with Gasteiger partial charge in [-0.15, -0.1) is 11.3 Å². The SMILES string of the molecule is CCN[C@H](C)CNC(=O)c1ccsc1NC(=O)c1ccc(C(C)C)cc1. The molecule has 2 aromatic rings. The van der Waals surface area contributed by atoms with Crippen molar-refractivity contribution in [2.24, 2.45) is 0 Å². The van der Waals surface area contributed by atoms with Gasteiger partial charge in [-0.05, 0) is 48.5 Å². The zero-order valence-corrected chi connectivity index (χ0v) is 16.6. The van der Waals surface area contributed by atoms with E-state index >= 15 is 0 Å². The number of benzene rings is 1. The molecule has 1 aromatic heterocycles. The van der Waals surface area contributed by atoms with Crippen LogP contribution in [0.15, 0.2) is 35.7 Å². The molecular weight excluding hydrogens is 346 g/mol. The summed E-state index contributed by atoms with van der Waals surface area (Å²) < 4.78 is 0. The average Bonchev–Trinajstić information content (AvgIpc) is 3.08. The molecule has 0 aliphatic carbocycles. The molecule has 6 heteroatoms. The largest absolute Gasteiger partial charge is 0.350 e. The lowest BCUT2D eigenvalue weighted by Gasteiger charge is -2.13. The fraction of sp³-hybridized carbons (Fsp3) is 0.400. The van der Waals surface area contributed by atoms with Crippen LogP contribution in [0.25, 0.3) is 0 Å². The van der Waals surface area contributed by atoms with Gasteiger partial charge < -0.3 is 16.0 Å². The normalized spacial score (nSPS) is 12.0. The number of thiophene rings is 1. The van der Waals surface area contributed by atoms with Crippen molar-refractivity contribution in [3.8, 4) is 0 Å². The van der Waals surface area contributed by atoms with Crippen molar-refractivity contribution in [2.45, 2.75) is 39.7 Å². The van der Waals surface area contributed by atoms with Crippen LogP contribution >= 0.6 is 11.3 Å². The number of likely N-dealkylation sites (N-methyl/N-ethyl adjacent to an activating group) is 1. The first-order chi connectivity index (χ1) is 12.4. The van der Waals surface area contributed by atoms with Crippen molar-refractivity contribution in [3.63, 3.8) is 0 Å². The van der Waals surface area contributed by atoms with E-state index in [9.17, 15) is 9.59 Å². The van der Waals surface area contributed by atoms with E-state index in [1.807, 2.05) is 38.1 Å². The predicted molar refractivity (Wildman–Crippen MR) is 108 cm³/mol. The van der Waals surface area contributed by atoms with Gasteiger partial charge in [0.15, 0.2) is 0 Å². The lowest BCUT2D eigenvalue weighted by atomic mass is 10.0. The van der Waals surface area contributed by atoms with Gasteiger partial charge >= 0.3 is 0 Å². The molecule has 1 atom stereocenters. The van der Waals surface area contributed by atoms with Crippen molar-refractivity contribution in [3.05, 3.63) is 52.4 Å². The second-order valence-electron chi connectivity index (χ2n) is 6.56. The van der Waals surface area contributed by atoms with Crippen LogP contribution in [-0.2, 0) is 0 Å². The summed E-state index contributed by atoms with van der Waals surface area (Å²) in [7, 11) is 0. The minimum atomic E-state index is -0.210. The molecule has 0 fully saturated rings. The van der Waals surface area contributed by atoms with E-state index in [0.29, 0.717) is 28.6 Å². The van der Waals surface area contributed by atoms with Gasteiger partial charge in [0.1, 0.15) is 5.00 Å². The van der Waals surface area contributed by atoms with E-state index in [4.69, 9.17) is 0 Å². The second kappa shape index (κ2) is 9.50. The topological polar surface area (TPSA) is 70.2 Å². The van der Waals surface area contributed by atoms with Gasteiger partial charge in [-0.2, -0.15) is 0 Å². The summed E-state index contributed by atoms with van der Waals surface area (Å²) in [4.78, 5) is 24.9. The lowest BCUT2D eigenvalue weighted by molar-refractivity contribution is 0.0951. The number of amides is 2. The highest BCUT2D eigenvalue weighted by molar-refractivity contribution is 7.14. The first kappa shape index (κ1) is 20.1. The zero-order chi connectivity index (χ0) is 19.1. The maximum Gasteiger partial charge on any atom is 0.256 e. The van der Waals surface area contributed by atoms with Crippen LogP contribution < -0.4 is 16.0 Å². The third-order valence-corrected chi connectivity index (χ3v) is 4.93. The molecule has 0 spiro atoms. The third kappa shape index (κ3) is 5.41. The Bertz CT molecular complexity index is 738. The number of nitrogens with one attached hydrogen (secondary N) is 3. The maximum absolute atomic E-state index is 12.5. The molecule has 1 heterocycles. The summed E-state index contributed by atoms with van der Waals surface area (Å²) in [5.41, 5.74) is 2.26. The molecule has 2 amide bonds. The van der Waals surface area contributed by atoms with Crippen LogP contribution in [0.1, 0.15) is 59.9 Å². The highest BCUT2D eigenvalue weighted by Gasteiger charge is 2.16. The number of rotatable bonds is 8. The van der Waals surface area contributed by atoms with Crippen LogP contribution in [0.3, 0.4) is 0 Å². The summed E-state index contributed by atoms with van der Waals surface area (Å²) in [6.45, 7) is 9.66.